The predicted octanol–water partition coefficient (Wildman–Crippen LogP) is 36.4. The SMILES string of the molecule is C.C.C.C.C.CC.CC.CC.CC.CC.CC.CC.CC.CC.Cc1cc(C)cc(C)c1.Cc1cc2c3ccccc3c(C)cc2c2ccccc12.Cc1cc2ccc3cc(C)cc4ccc(c1)c2c34.Cc1cc2cccc3c(C)cc4cccc1c4c23.Cc1ccc2ccc3c(C)ccc4ccc1c2c43. The Bertz CT molecular complexity index is 4880. The molecule has 0 N–H and O–H groups in total. The van der Waals surface area contributed by atoms with Gasteiger partial charge < -0.3 is 0 Å². The van der Waals surface area contributed by atoms with E-state index < -0.39 is 0 Å². The van der Waals surface area contributed by atoms with Crippen molar-refractivity contribution >= 4 is 129 Å². The van der Waals surface area contributed by atoms with Crippen LogP contribution in [0.1, 0.15) is 223 Å². The van der Waals surface area contributed by atoms with Crippen LogP contribution in [0.25, 0.3) is 129 Å². The van der Waals surface area contributed by atoms with Crippen molar-refractivity contribution in [2.45, 2.75) is 238 Å². The minimum Gasteiger partial charge on any atom is -0.0776 e. The number of hydrogen-bond acceptors (Lipinski definition) is 0. The lowest BCUT2D eigenvalue weighted by Crippen LogP contribution is -1.88. The molecule has 0 spiro atoms. The highest BCUT2D eigenvalue weighted by Gasteiger charge is 2.14. The Morgan fingerprint density at radius 2 is 0.340 bits per heavy atom. The molecule has 17 aromatic carbocycles. The Morgan fingerprint density at radius 1 is 0.132 bits per heavy atom. The van der Waals surface area contributed by atoms with E-state index in [0.717, 1.165) is 0 Å². The van der Waals surface area contributed by atoms with E-state index in [1.807, 2.05) is 125 Å². The molecule has 0 saturated heterocycles. The van der Waals surface area contributed by atoms with Crippen LogP contribution < -0.4 is 0 Å². The third kappa shape index (κ3) is 21.9. The zero-order chi connectivity index (χ0) is 75.4. The van der Waals surface area contributed by atoms with Gasteiger partial charge >= 0.3 is 0 Å². The lowest BCUT2D eigenvalue weighted by Gasteiger charge is -2.14. The highest BCUT2D eigenvalue weighted by Crippen LogP contribution is 2.41. The molecule has 0 unspecified atom stereocenters. The van der Waals surface area contributed by atoms with Crippen molar-refractivity contribution in [3.05, 3.63) is 286 Å². The Labute approximate surface area is 648 Å². The predicted molar refractivity (Wildman–Crippen MR) is 504 cm³/mol. The molecule has 0 aromatic heterocycles. The maximum Gasteiger partial charge on any atom is -0.00239 e. The highest BCUT2D eigenvalue weighted by molar-refractivity contribution is 6.26. The lowest BCUT2D eigenvalue weighted by atomic mass is 9.90. The molecule has 0 heteroatoms. The van der Waals surface area contributed by atoms with Crippen LogP contribution in [-0.2, 0) is 0 Å². The second-order valence-electron chi connectivity index (χ2n) is 23.9. The fraction of sp³-hybridized carbons (Fsp3) is 0.321. The Kier molecular flexibility index (Phi) is 45.3. The second-order valence-corrected chi connectivity index (χ2v) is 23.9. The number of hydrogen-bond donors (Lipinski definition) is 0. The summed E-state index contributed by atoms with van der Waals surface area (Å²) < 4.78 is 0. The number of fused-ring (bicyclic) bond motifs is 5. The fourth-order valence-corrected chi connectivity index (χ4v) is 14.0. The first kappa shape index (κ1) is 98.7. The van der Waals surface area contributed by atoms with Gasteiger partial charge in [0.2, 0.25) is 0 Å². The summed E-state index contributed by atoms with van der Waals surface area (Å²) in [5.41, 5.74) is 14.9. The summed E-state index contributed by atoms with van der Waals surface area (Å²) in [5, 5.41) is 33.0. The third-order valence-corrected chi connectivity index (χ3v) is 17.6. The first-order valence-electron chi connectivity index (χ1n) is 38.5. The van der Waals surface area contributed by atoms with E-state index in [9.17, 15) is 0 Å². The molecule has 106 heavy (non-hydrogen) atoms. The summed E-state index contributed by atoms with van der Waals surface area (Å²) in [6, 6.07) is 82.5. The number of rotatable bonds is 0. The van der Waals surface area contributed by atoms with Crippen molar-refractivity contribution in [2.75, 3.05) is 0 Å². The summed E-state index contributed by atoms with van der Waals surface area (Å²) >= 11 is 0. The molecule has 0 heterocycles. The van der Waals surface area contributed by atoms with Gasteiger partial charge in [0, 0.05) is 0 Å². The first-order valence-corrected chi connectivity index (χ1v) is 38.5. The van der Waals surface area contributed by atoms with E-state index in [2.05, 4.69) is 301 Å². The maximum absolute atomic E-state index is 2.33. The van der Waals surface area contributed by atoms with E-state index in [-0.39, 0.29) is 37.1 Å². The Morgan fingerprint density at radius 3 is 0.632 bits per heavy atom. The minimum atomic E-state index is 0. The van der Waals surface area contributed by atoms with E-state index in [0.29, 0.717) is 0 Å². The number of benzene rings is 17. The van der Waals surface area contributed by atoms with E-state index in [1.54, 1.807) is 0 Å². The quantitative estimate of drug-likeness (QED) is 0.133. The third-order valence-electron chi connectivity index (χ3n) is 17.6. The molecule has 0 fully saturated rings. The smallest absolute Gasteiger partial charge is 0.00239 e. The van der Waals surface area contributed by atoms with Crippen molar-refractivity contribution < 1.29 is 0 Å². The largest absolute Gasteiger partial charge is 0.0776 e. The van der Waals surface area contributed by atoms with Gasteiger partial charge in [-0.1, -0.05) is 403 Å². The molecular weight excluding hydrogens is 1270 g/mol. The van der Waals surface area contributed by atoms with Gasteiger partial charge in [-0.05, 0) is 250 Å². The average Bonchev–Trinajstić information content (AvgIpc) is 0.759. The molecule has 568 valence electrons. The molecule has 0 aliphatic heterocycles. The summed E-state index contributed by atoms with van der Waals surface area (Å²) in [6.07, 6.45) is 0. The summed E-state index contributed by atoms with van der Waals surface area (Å²) in [5.74, 6) is 0. The molecule has 0 aliphatic rings. The molecular formula is C106H144. The van der Waals surface area contributed by atoms with Gasteiger partial charge in [0.15, 0.2) is 0 Å². The molecule has 0 atom stereocenters. The van der Waals surface area contributed by atoms with E-state index >= 15 is 0 Å². The molecule has 0 amide bonds. The average molecular weight is 1420 g/mol. The van der Waals surface area contributed by atoms with Crippen molar-refractivity contribution in [1.82, 2.24) is 0 Å². The van der Waals surface area contributed by atoms with Gasteiger partial charge in [0.25, 0.3) is 0 Å². The molecule has 0 bridgehead atoms. The highest BCUT2D eigenvalue weighted by atomic mass is 14.2. The number of aryl methyl sites for hydroxylation is 11. The molecule has 0 radical (unpaired) electrons. The maximum atomic E-state index is 2.33. The van der Waals surface area contributed by atoms with Gasteiger partial charge in [-0.2, -0.15) is 0 Å². The Hall–Kier alpha value is -9.36. The standard InChI is InChI=1S/C20H16.3C18H14.C9H12.9C2H6.5CH4/c1-13-11-19-18-10-6-4-8-16(18)14(2)12-20(19)17-9-5-3-7-15(13)17;1-11-9-13-5-4-8-16-12(2)10-14-6-3-7-15(11)17(14)18(13)16;1-11-7-13-3-5-15-9-12(2)10-16-6-4-14(8-11)17(13)18(15)16;1-11-3-5-13-8-10-16-12(2)4-6-14-7-9-15(11)17(13)18(14)16;1-7-4-8(2)6-9(3)5-7;9*1-2;;;;;/h3-12H,1-2H3;3*3-10H,1-2H3;4-6H,1-3H3;9*1-2H3;5*1H4. The summed E-state index contributed by atoms with van der Waals surface area (Å²) in [4.78, 5) is 0. The molecule has 17 rings (SSSR count). The van der Waals surface area contributed by atoms with Crippen LogP contribution in [-0.4, -0.2) is 0 Å². The van der Waals surface area contributed by atoms with Gasteiger partial charge in [-0.15, -0.1) is 0 Å². The fourth-order valence-electron chi connectivity index (χ4n) is 14.0. The van der Waals surface area contributed by atoms with Crippen LogP contribution in [0.2, 0.25) is 0 Å². The van der Waals surface area contributed by atoms with Gasteiger partial charge in [-0.3, -0.25) is 0 Å². The van der Waals surface area contributed by atoms with Gasteiger partial charge in [0.1, 0.15) is 0 Å². The minimum absolute atomic E-state index is 0. The molecule has 17 aromatic rings. The van der Waals surface area contributed by atoms with Crippen molar-refractivity contribution in [2.24, 2.45) is 0 Å². The summed E-state index contributed by atoms with van der Waals surface area (Å²) in [7, 11) is 0. The zero-order valence-corrected chi connectivity index (χ0v) is 67.9. The molecule has 0 nitrogen and oxygen atoms in total. The molecule has 0 saturated carbocycles. The van der Waals surface area contributed by atoms with Gasteiger partial charge in [-0.25, -0.2) is 0 Å². The summed E-state index contributed by atoms with van der Waals surface area (Å²) in [6.45, 7) is 59.9. The second kappa shape index (κ2) is 48.7. The molecule has 0 aliphatic carbocycles. The van der Waals surface area contributed by atoms with Crippen LogP contribution in [0.5, 0.6) is 0 Å². The topological polar surface area (TPSA) is 0 Å². The monoisotopic (exact) mass is 1420 g/mol. The normalized spacial score (nSPS) is 9.56. The lowest BCUT2D eigenvalue weighted by molar-refractivity contribution is 1.32. The first-order chi connectivity index (χ1) is 49.2. The van der Waals surface area contributed by atoms with Gasteiger partial charge in [0.05, 0.1) is 0 Å². The van der Waals surface area contributed by atoms with Crippen LogP contribution in [0, 0.1) is 76.2 Å². The van der Waals surface area contributed by atoms with Crippen LogP contribution in [0.15, 0.2) is 224 Å². The Balaban J connectivity index is 0. The van der Waals surface area contributed by atoms with E-state index in [4.69, 9.17) is 0 Å². The van der Waals surface area contributed by atoms with Crippen molar-refractivity contribution in [3.8, 4) is 0 Å². The zero-order valence-electron chi connectivity index (χ0n) is 67.9. The van der Waals surface area contributed by atoms with Crippen LogP contribution in [0.3, 0.4) is 0 Å². The van der Waals surface area contributed by atoms with E-state index in [1.165, 1.54) is 190 Å². The van der Waals surface area contributed by atoms with Crippen molar-refractivity contribution in [3.63, 3.8) is 0 Å². The van der Waals surface area contributed by atoms with Crippen LogP contribution in [0.4, 0.5) is 0 Å². The van der Waals surface area contributed by atoms with Crippen molar-refractivity contribution in [1.29, 1.82) is 0 Å². The van der Waals surface area contributed by atoms with Crippen LogP contribution >= 0.6 is 0 Å².